The van der Waals surface area contributed by atoms with E-state index in [1.165, 1.54) is 6.07 Å². The summed E-state index contributed by atoms with van der Waals surface area (Å²) < 4.78 is 11.6. The minimum atomic E-state index is -1.14. The average molecular weight is 281 g/mol. The molecule has 0 radical (unpaired) electrons. The summed E-state index contributed by atoms with van der Waals surface area (Å²) in [6.07, 6.45) is 1.58. The van der Waals surface area contributed by atoms with Crippen molar-refractivity contribution in [3.05, 3.63) is 48.0 Å². The second kappa shape index (κ2) is 4.62. The van der Waals surface area contributed by atoms with Gasteiger partial charge in [-0.15, -0.1) is 0 Å². The SMILES string of the molecule is CS(=O)c1cc(O)c2cc3cc(C#N)ccc3cc2c1. The van der Waals surface area contributed by atoms with Crippen molar-refractivity contribution in [2.75, 3.05) is 6.26 Å². The van der Waals surface area contributed by atoms with Gasteiger partial charge in [-0.2, -0.15) is 5.26 Å². The quantitative estimate of drug-likeness (QED) is 0.696. The highest BCUT2D eigenvalue weighted by Gasteiger charge is 2.07. The Kier molecular flexibility index (Phi) is 2.92. The van der Waals surface area contributed by atoms with Crippen LogP contribution in [0.2, 0.25) is 0 Å². The molecule has 0 heterocycles. The van der Waals surface area contributed by atoms with Gasteiger partial charge in [0.05, 0.1) is 11.6 Å². The first-order valence-corrected chi connectivity index (χ1v) is 7.58. The molecule has 0 spiro atoms. The van der Waals surface area contributed by atoms with Crippen LogP contribution in [0.25, 0.3) is 21.5 Å². The highest BCUT2D eigenvalue weighted by Crippen LogP contribution is 2.31. The van der Waals surface area contributed by atoms with Crippen molar-refractivity contribution in [1.82, 2.24) is 0 Å². The van der Waals surface area contributed by atoms with Gasteiger partial charge in [0, 0.05) is 27.3 Å². The molecule has 20 heavy (non-hydrogen) atoms. The number of aromatic hydroxyl groups is 1. The number of hydrogen-bond acceptors (Lipinski definition) is 3. The lowest BCUT2D eigenvalue weighted by atomic mass is 10.0. The number of benzene rings is 3. The fourth-order valence-electron chi connectivity index (χ4n) is 2.30. The summed E-state index contributed by atoms with van der Waals surface area (Å²) in [7, 11) is -1.14. The lowest BCUT2D eigenvalue weighted by Crippen LogP contribution is -1.88. The monoisotopic (exact) mass is 281 g/mol. The molecule has 0 aliphatic rings. The molecule has 1 N–H and O–H groups in total. The molecule has 4 heteroatoms. The molecular weight excluding hydrogens is 270 g/mol. The van der Waals surface area contributed by atoms with Crippen LogP contribution in [0.4, 0.5) is 0 Å². The normalized spacial score (nSPS) is 12.4. The van der Waals surface area contributed by atoms with E-state index in [1.54, 1.807) is 18.4 Å². The largest absolute Gasteiger partial charge is 0.507 e. The summed E-state index contributed by atoms with van der Waals surface area (Å²) in [6, 6.07) is 14.7. The zero-order chi connectivity index (χ0) is 14.3. The van der Waals surface area contributed by atoms with Crippen molar-refractivity contribution >= 4 is 32.3 Å². The maximum absolute atomic E-state index is 11.6. The van der Waals surface area contributed by atoms with Crippen LogP contribution in [-0.4, -0.2) is 15.6 Å². The molecular formula is C16H11NO2S. The predicted octanol–water partition coefficient (Wildman–Crippen LogP) is 3.31. The van der Waals surface area contributed by atoms with E-state index in [9.17, 15) is 9.32 Å². The third kappa shape index (κ3) is 2.02. The van der Waals surface area contributed by atoms with Crippen LogP contribution in [0.5, 0.6) is 5.75 Å². The lowest BCUT2D eigenvalue weighted by Gasteiger charge is -2.07. The van der Waals surface area contributed by atoms with Crippen LogP contribution in [0.15, 0.2) is 47.4 Å². The van der Waals surface area contributed by atoms with Gasteiger partial charge in [-0.25, -0.2) is 0 Å². The van der Waals surface area contributed by atoms with E-state index in [0.29, 0.717) is 15.8 Å². The summed E-state index contributed by atoms with van der Waals surface area (Å²) in [4.78, 5) is 0.600. The van der Waals surface area contributed by atoms with Crippen molar-refractivity contribution in [3.8, 4) is 11.8 Å². The van der Waals surface area contributed by atoms with Crippen LogP contribution in [0.1, 0.15) is 5.56 Å². The topological polar surface area (TPSA) is 61.1 Å². The molecule has 0 fully saturated rings. The van der Waals surface area contributed by atoms with Crippen LogP contribution in [-0.2, 0) is 10.8 Å². The molecule has 1 unspecified atom stereocenters. The smallest absolute Gasteiger partial charge is 0.124 e. The van der Waals surface area contributed by atoms with E-state index < -0.39 is 10.8 Å². The van der Waals surface area contributed by atoms with Gasteiger partial charge in [0.2, 0.25) is 0 Å². The summed E-state index contributed by atoms with van der Waals surface area (Å²) in [5.41, 5.74) is 0.586. The van der Waals surface area contributed by atoms with Crippen LogP contribution in [0, 0.1) is 11.3 Å². The third-order valence-electron chi connectivity index (χ3n) is 3.32. The van der Waals surface area contributed by atoms with Crippen molar-refractivity contribution in [2.24, 2.45) is 0 Å². The van der Waals surface area contributed by atoms with Gasteiger partial charge in [0.25, 0.3) is 0 Å². The van der Waals surface area contributed by atoms with Gasteiger partial charge >= 0.3 is 0 Å². The van der Waals surface area contributed by atoms with Crippen LogP contribution >= 0.6 is 0 Å². The Morgan fingerprint density at radius 1 is 1.05 bits per heavy atom. The first-order chi connectivity index (χ1) is 9.58. The zero-order valence-electron chi connectivity index (χ0n) is 10.8. The van der Waals surface area contributed by atoms with E-state index in [2.05, 4.69) is 6.07 Å². The minimum absolute atomic E-state index is 0.108. The van der Waals surface area contributed by atoms with E-state index in [0.717, 1.165) is 16.2 Å². The molecule has 3 rings (SSSR count). The highest BCUT2D eigenvalue weighted by molar-refractivity contribution is 7.84. The summed E-state index contributed by atoms with van der Waals surface area (Å²) in [6.45, 7) is 0. The first kappa shape index (κ1) is 12.6. The van der Waals surface area contributed by atoms with E-state index >= 15 is 0 Å². The average Bonchev–Trinajstić information content (AvgIpc) is 2.44. The second-order valence-electron chi connectivity index (χ2n) is 4.64. The number of hydrogen-bond donors (Lipinski definition) is 1. The molecule has 1 atom stereocenters. The number of rotatable bonds is 1. The van der Waals surface area contributed by atoms with Gasteiger partial charge in [-0.05, 0) is 52.6 Å². The number of phenols is 1. The summed E-state index contributed by atoms with van der Waals surface area (Å²) in [5, 5.41) is 22.4. The van der Waals surface area contributed by atoms with Crippen LogP contribution < -0.4 is 0 Å². The van der Waals surface area contributed by atoms with E-state index in [-0.39, 0.29) is 5.75 Å². The number of phenolic OH excluding ortho intramolecular Hbond substituents is 1. The third-order valence-corrected chi connectivity index (χ3v) is 4.22. The van der Waals surface area contributed by atoms with Crippen molar-refractivity contribution in [1.29, 1.82) is 5.26 Å². The van der Waals surface area contributed by atoms with Gasteiger partial charge in [-0.3, -0.25) is 4.21 Å². The Hall–Kier alpha value is -2.38. The molecule has 0 aliphatic carbocycles. The van der Waals surface area contributed by atoms with Crippen molar-refractivity contribution in [3.63, 3.8) is 0 Å². The molecule has 3 aromatic rings. The minimum Gasteiger partial charge on any atom is -0.507 e. The summed E-state index contributed by atoms with van der Waals surface area (Å²) in [5.74, 6) is 0.108. The van der Waals surface area contributed by atoms with Gasteiger partial charge in [0.1, 0.15) is 5.75 Å². The number of nitrogens with zero attached hydrogens (tertiary/aromatic N) is 1. The lowest BCUT2D eigenvalue weighted by molar-refractivity contribution is 0.480. The standard InChI is InChI=1S/C16H11NO2S/c1-20(19)14-6-13-5-11-3-2-10(9-17)4-12(11)7-15(13)16(18)8-14/h2-8,18H,1H3. The van der Waals surface area contributed by atoms with Crippen molar-refractivity contribution in [2.45, 2.75) is 4.90 Å². The molecule has 3 nitrogen and oxygen atoms in total. The Labute approximate surface area is 118 Å². The zero-order valence-corrected chi connectivity index (χ0v) is 11.6. The van der Waals surface area contributed by atoms with Gasteiger partial charge in [0.15, 0.2) is 0 Å². The molecule has 0 saturated carbocycles. The van der Waals surface area contributed by atoms with E-state index in [1.807, 2.05) is 24.3 Å². The molecule has 98 valence electrons. The van der Waals surface area contributed by atoms with Gasteiger partial charge < -0.3 is 5.11 Å². The Balaban J connectivity index is 2.38. The Morgan fingerprint density at radius 3 is 2.55 bits per heavy atom. The van der Waals surface area contributed by atoms with Crippen LogP contribution in [0.3, 0.4) is 0 Å². The molecule has 0 aliphatic heterocycles. The Bertz CT molecular complexity index is 910. The number of fused-ring (bicyclic) bond motifs is 2. The molecule has 3 aromatic carbocycles. The van der Waals surface area contributed by atoms with Gasteiger partial charge in [-0.1, -0.05) is 6.07 Å². The first-order valence-electron chi connectivity index (χ1n) is 6.02. The Morgan fingerprint density at radius 2 is 1.85 bits per heavy atom. The van der Waals surface area contributed by atoms with Crippen molar-refractivity contribution < 1.29 is 9.32 Å². The maximum Gasteiger partial charge on any atom is 0.124 e. The maximum atomic E-state index is 11.6. The fraction of sp³-hybridized carbons (Fsp3) is 0.0625. The molecule has 0 amide bonds. The molecule has 0 aromatic heterocycles. The highest BCUT2D eigenvalue weighted by atomic mass is 32.2. The predicted molar refractivity (Wildman–Crippen MR) is 80.2 cm³/mol. The fourth-order valence-corrected chi connectivity index (χ4v) is 2.87. The second-order valence-corrected chi connectivity index (χ2v) is 6.02. The summed E-state index contributed by atoms with van der Waals surface area (Å²) >= 11 is 0. The molecule has 0 bridgehead atoms. The van der Waals surface area contributed by atoms with E-state index in [4.69, 9.17) is 5.26 Å². The molecule has 0 saturated heterocycles. The number of nitriles is 1.